The number of benzene rings is 1. The fourth-order valence-electron chi connectivity index (χ4n) is 5.62. The summed E-state index contributed by atoms with van der Waals surface area (Å²) in [6.07, 6.45) is 12.6. The third kappa shape index (κ3) is 2.94. The Bertz CT molecular complexity index is 706. The first-order valence-corrected chi connectivity index (χ1v) is 9.32. The van der Waals surface area contributed by atoms with Crippen LogP contribution in [0.4, 0.5) is 5.69 Å². The predicted octanol–water partition coefficient (Wildman–Crippen LogP) is 3.41. The second-order valence-electron chi connectivity index (χ2n) is 7.73. The van der Waals surface area contributed by atoms with Gasteiger partial charge < -0.3 is 10.6 Å². The Balaban J connectivity index is 0.000000569. The Morgan fingerprint density at radius 3 is 2.76 bits per heavy atom. The third-order valence-corrected chi connectivity index (χ3v) is 6.66. The molecule has 25 heavy (non-hydrogen) atoms. The van der Waals surface area contributed by atoms with E-state index in [9.17, 15) is 0 Å². The van der Waals surface area contributed by atoms with Crippen LogP contribution in [0.1, 0.15) is 55.7 Å². The molecule has 1 aromatic carbocycles. The number of piperidine rings is 1. The van der Waals surface area contributed by atoms with Gasteiger partial charge in [0.2, 0.25) is 0 Å². The van der Waals surface area contributed by atoms with Gasteiger partial charge in [0.05, 0.1) is 0 Å². The molecule has 134 valence electrons. The Morgan fingerprint density at radius 2 is 2.04 bits per heavy atom. The second-order valence-corrected chi connectivity index (χ2v) is 7.73. The maximum Gasteiger partial charge on any atom is 0.373 e. The summed E-state index contributed by atoms with van der Waals surface area (Å²) in [7, 11) is 2.33. The van der Waals surface area contributed by atoms with Crippen molar-refractivity contribution < 1.29 is 9.59 Å². The Labute approximate surface area is 150 Å². The van der Waals surface area contributed by atoms with Crippen molar-refractivity contribution >= 4 is 17.9 Å². The largest absolute Gasteiger partial charge is 0.398 e. The van der Waals surface area contributed by atoms with Crippen LogP contribution in [0.2, 0.25) is 0 Å². The SMILES string of the molecule is C/C=C/c1cc2c(cc1N)[C@@]13CCCC[C@H]1[C@@H](C2)N(C)CC3.O=C=O. The standard InChI is InChI=1S/C20H28N2.CO2/c1-3-6-14-11-15-12-19-16-7-4-5-8-20(16,9-10-22(19)2)17(15)13-18(14)21;2-1-3/h3,6,11,13,16,19H,4-5,7-10,12,21H2,1-2H3;/b6-3+;/t16-,19+,20+;/m0./s1. The summed E-state index contributed by atoms with van der Waals surface area (Å²) < 4.78 is 0. The summed E-state index contributed by atoms with van der Waals surface area (Å²) in [6.45, 7) is 3.31. The molecule has 2 bridgehead atoms. The number of hydrogen-bond acceptors (Lipinski definition) is 4. The Morgan fingerprint density at radius 1 is 1.28 bits per heavy atom. The normalized spacial score (nSPS) is 30.6. The van der Waals surface area contributed by atoms with E-state index in [2.05, 4.69) is 43.2 Å². The molecule has 4 rings (SSSR count). The third-order valence-electron chi connectivity index (χ3n) is 6.66. The summed E-state index contributed by atoms with van der Waals surface area (Å²) >= 11 is 0. The van der Waals surface area contributed by atoms with E-state index in [1.807, 2.05) is 0 Å². The minimum absolute atomic E-state index is 0.250. The molecule has 4 nitrogen and oxygen atoms in total. The van der Waals surface area contributed by atoms with Crippen molar-refractivity contribution in [3.05, 3.63) is 34.9 Å². The summed E-state index contributed by atoms with van der Waals surface area (Å²) in [5.74, 6) is 0.847. The van der Waals surface area contributed by atoms with Gasteiger partial charge in [0.1, 0.15) is 0 Å². The van der Waals surface area contributed by atoms with Gasteiger partial charge in [-0.15, -0.1) is 0 Å². The van der Waals surface area contributed by atoms with Gasteiger partial charge >= 0.3 is 6.15 Å². The van der Waals surface area contributed by atoms with Gasteiger partial charge in [-0.1, -0.05) is 25.0 Å². The topological polar surface area (TPSA) is 63.4 Å². The van der Waals surface area contributed by atoms with Crippen molar-refractivity contribution in [1.82, 2.24) is 4.90 Å². The van der Waals surface area contributed by atoms with Crippen LogP contribution in [0.3, 0.4) is 0 Å². The summed E-state index contributed by atoms with van der Waals surface area (Å²) in [6, 6.07) is 5.46. The molecule has 1 aromatic rings. The van der Waals surface area contributed by atoms with E-state index in [0.29, 0.717) is 5.41 Å². The highest BCUT2D eigenvalue weighted by atomic mass is 16.2. The van der Waals surface area contributed by atoms with Crippen LogP contribution >= 0.6 is 0 Å². The Hall–Kier alpha value is -1.90. The molecule has 1 heterocycles. The van der Waals surface area contributed by atoms with Crippen LogP contribution in [0.25, 0.3) is 6.08 Å². The molecular formula is C21H28N2O2. The first kappa shape index (κ1) is 17.9. The number of nitrogen functional groups attached to an aromatic ring is 1. The number of likely N-dealkylation sites (N-methyl/N-ethyl adjacent to an activating group) is 1. The molecule has 1 saturated carbocycles. The lowest BCUT2D eigenvalue weighted by molar-refractivity contribution is -0.191. The van der Waals surface area contributed by atoms with Crippen molar-refractivity contribution in [1.29, 1.82) is 0 Å². The molecular weight excluding hydrogens is 312 g/mol. The van der Waals surface area contributed by atoms with E-state index in [1.165, 1.54) is 50.6 Å². The highest BCUT2D eigenvalue weighted by Gasteiger charge is 2.53. The minimum atomic E-state index is 0.250. The number of nitrogens with two attached hydrogens (primary N) is 1. The number of hydrogen-bond donors (Lipinski definition) is 1. The van der Waals surface area contributed by atoms with Crippen LogP contribution in [0, 0.1) is 5.92 Å². The lowest BCUT2D eigenvalue weighted by atomic mass is 9.52. The predicted molar refractivity (Wildman–Crippen MR) is 98.9 cm³/mol. The quantitative estimate of drug-likeness (QED) is 0.796. The van der Waals surface area contributed by atoms with Crippen LogP contribution in [-0.4, -0.2) is 30.7 Å². The monoisotopic (exact) mass is 340 g/mol. The van der Waals surface area contributed by atoms with Gasteiger partial charge in [-0.3, -0.25) is 0 Å². The van der Waals surface area contributed by atoms with Gasteiger partial charge in [0.15, 0.2) is 0 Å². The maximum absolute atomic E-state index is 8.12. The molecule has 4 heteroatoms. The lowest BCUT2D eigenvalue weighted by Gasteiger charge is -2.58. The van der Waals surface area contributed by atoms with Gasteiger partial charge in [0, 0.05) is 17.1 Å². The first-order valence-electron chi connectivity index (χ1n) is 9.32. The highest BCUT2D eigenvalue weighted by molar-refractivity contribution is 5.68. The van der Waals surface area contributed by atoms with E-state index in [-0.39, 0.29) is 6.15 Å². The average molecular weight is 340 g/mol. The zero-order valence-electron chi connectivity index (χ0n) is 15.3. The van der Waals surface area contributed by atoms with Crippen LogP contribution < -0.4 is 5.73 Å². The smallest absolute Gasteiger partial charge is 0.373 e. The second kappa shape index (κ2) is 7.15. The number of carbonyl (C=O) groups excluding carboxylic acids is 2. The molecule has 1 saturated heterocycles. The van der Waals surface area contributed by atoms with E-state index in [4.69, 9.17) is 15.3 Å². The zero-order chi connectivity index (χ0) is 18.0. The van der Waals surface area contributed by atoms with Gasteiger partial charge in [0.25, 0.3) is 0 Å². The number of anilines is 1. The van der Waals surface area contributed by atoms with E-state index in [1.54, 1.807) is 11.1 Å². The lowest BCUT2D eigenvalue weighted by Crippen LogP contribution is -2.59. The molecule has 0 unspecified atom stereocenters. The fraction of sp³-hybridized carbons (Fsp3) is 0.571. The maximum atomic E-state index is 8.12. The number of likely N-dealkylation sites (tertiary alicyclic amines) is 1. The van der Waals surface area contributed by atoms with Crippen molar-refractivity contribution in [2.75, 3.05) is 19.3 Å². The van der Waals surface area contributed by atoms with E-state index >= 15 is 0 Å². The molecule has 1 aliphatic heterocycles. The number of nitrogens with zero attached hydrogens (tertiary/aromatic N) is 1. The van der Waals surface area contributed by atoms with Gasteiger partial charge in [-0.25, -0.2) is 0 Å². The summed E-state index contributed by atoms with van der Waals surface area (Å²) in [5, 5.41) is 0. The van der Waals surface area contributed by atoms with Gasteiger partial charge in [-0.2, -0.15) is 9.59 Å². The van der Waals surface area contributed by atoms with Crippen molar-refractivity contribution in [2.45, 2.75) is 56.9 Å². The van der Waals surface area contributed by atoms with Gasteiger partial charge in [-0.05, 0) is 80.9 Å². The number of fused-ring (bicyclic) bond motifs is 1. The molecule has 2 N–H and O–H groups in total. The van der Waals surface area contributed by atoms with Crippen molar-refractivity contribution in [3.63, 3.8) is 0 Å². The summed E-state index contributed by atoms with van der Waals surface area (Å²) in [5.41, 5.74) is 12.1. The molecule has 3 atom stereocenters. The molecule has 2 fully saturated rings. The Kier molecular flexibility index (Phi) is 5.12. The van der Waals surface area contributed by atoms with Crippen molar-refractivity contribution in [2.24, 2.45) is 5.92 Å². The fourth-order valence-corrected chi connectivity index (χ4v) is 5.62. The van der Waals surface area contributed by atoms with Crippen LogP contribution in [0.15, 0.2) is 18.2 Å². The number of rotatable bonds is 1. The highest BCUT2D eigenvalue weighted by Crippen LogP contribution is 2.56. The van der Waals surface area contributed by atoms with Crippen molar-refractivity contribution in [3.8, 4) is 0 Å². The molecule has 2 aliphatic carbocycles. The number of allylic oxidation sites excluding steroid dienone is 1. The molecule has 0 spiro atoms. The van der Waals surface area contributed by atoms with Crippen LogP contribution in [0.5, 0.6) is 0 Å². The molecule has 0 amide bonds. The van der Waals surface area contributed by atoms with Crippen LogP contribution in [-0.2, 0) is 21.4 Å². The zero-order valence-corrected chi connectivity index (χ0v) is 15.3. The average Bonchev–Trinajstić information content (AvgIpc) is 2.60. The van der Waals surface area contributed by atoms with E-state index < -0.39 is 0 Å². The minimum Gasteiger partial charge on any atom is -0.398 e. The first-order chi connectivity index (χ1) is 12.1. The molecule has 0 aromatic heterocycles. The molecule has 0 radical (unpaired) electrons. The summed E-state index contributed by atoms with van der Waals surface area (Å²) in [4.78, 5) is 18.9. The van der Waals surface area contributed by atoms with E-state index in [0.717, 1.165) is 17.6 Å². The molecule has 3 aliphatic rings.